The number of nitrogens with one attached hydrogen (secondary N) is 1. The van der Waals surface area contributed by atoms with E-state index in [1.54, 1.807) is 0 Å². The van der Waals surface area contributed by atoms with E-state index in [9.17, 15) is 9.59 Å². The molecule has 0 saturated carbocycles. The van der Waals surface area contributed by atoms with Crippen LogP contribution in [0.4, 0.5) is 5.69 Å². The normalized spacial score (nSPS) is 10.4. The topological polar surface area (TPSA) is 55.4 Å². The van der Waals surface area contributed by atoms with E-state index in [2.05, 4.69) is 30.0 Å². The lowest BCUT2D eigenvalue weighted by molar-refractivity contribution is -0.141. The summed E-state index contributed by atoms with van der Waals surface area (Å²) in [5.41, 5.74) is 2.99. The van der Waals surface area contributed by atoms with Gasteiger partial charge in [-0.05, 0) is 30.0 Å². The number of hydrogen-bond acceptors (Lipinski definition) is 3. The highest BCUT2D eigenvalue weighted by Crippen LogP contribution is 2.22. The second kappa shape index (κ2) is 6.92. The fourth-order valence-corrected chi connectivity index (χ4v) is 1.66. The summed E-state index contributed by atoms with van der Waals surface area (Å²) in [6.45, 7) is 6.15. The molecule has 1 amide bonds. The minimum absolute atomic E-state index is 0.102. The van der Waals surface area contributed by atoms with Crippen molar-refractivity contribution in [1.29, 1.82) is 0 Å². The lowest BCUT2D eigenvalue weighted by Gasteiger charge is -2.12. The number of esters is 1. The van der Waals surface area contributed by atoms with Gasteiger partial charge in [0, 0.05) is 12.1 Å². The molecule has 1 N–H and O–H groups in total. The van der Waals surface area contributed by atoms with Crippen LogP contribution in [0.15, 0.2) is 18.2 Å². The molecule has 1 aromatic rings. The number of methoxy groups -OCH3 is 1. The van der Waals surface area contributed by atoms with E-state index in [4.69, 9.17) is 0 Å². The van der Waals surface area contributed by atoms with Crippen LogP contribution in [0.5, 0.6) is 0 Å². The standard InChI is InChI=1S/C15H21NO3/c1-10(2)12-6-5-11(3)13(9-12)16-14(17)7-8-15(18)19-4/h5-6,9-10H,7-8H2,1-4H3,(H,16,17). The summed E-state index contributed by atoms with van der Waals surface area (Å²) in [4.78, 5) is 22.7. The molecule has 0 saturated heterocycles. The SMILES string of the molecule is COC(=O)CCC(=O)Nc1cc(C(C)C)ccc1C. The van der Waals surface area contributed by atoms with Crippen molar-refractivity contribution in [3.63, 3.8) is 0 Å². The average Bonchev–Trinajstić information content (AvgIpc) is 2.38. The molecule has 0 atom stereocenters. The summed E-state index contributed by atoms with van der Waals surface area (Å²) in [5, 5.41) is 2.84. The molecule has 0 spiro atoms. The Balaban J connectivity index is 2.68. The fourth-order valence-electron chi connectivity index (χ4n) is 1.66. The van der Waals surface area contributed by atoms with Gasteiger partial charge in [-0.2, -0.15) is 0 Å². The van der Waals surface area contributed by atoms with Gasteiger partial charge >= 0.3 is 5.97 Å². The molecule has 0 heterocycles. The number of amides is 1. The van der Waals surface area contributed by atoms with Crippen molar-refractivity contribution in [2.45, 2.75) is 39.5 Å². The van der Waals surface area contributed by atoms with Gasteiger partial charge in [-0.25, -0.2) is 0 Å². The lowest BCUT2D eigenvalue weighted by Crippen LogP contribution is -2.14. The number of benzene rings is 1. The number of hydrogen-bond donors (Lipinski definition) is 1. The molecule has 0 aliphatic rings. The van der Waals surface area contributed by atoms with Gasteiger partial charge in [-0.3, -0.25) is 9.59 Å². The Morgan fingerprint density at radius 2 is 1.95 bits per heavy atom. The van der Waals surface area contributed by atoms with Gasteiger partial charge in [0.1, 0.15) is 0 Å². The first-order chi connectivity index (χ1) is 8.93. The Labute approximate surface area is 114 Å². The third-order valence-electron chi connectivity index (χ3n) is 2.99. The number of rotatable bonds is 5. The van der Waals surface area contributed by atoms with Gasteiger partial charge in [0.15, 0.2) is 0 Å². The first kappa shape index (κ1) is 15.2. The van der Waals surface area contributed by atoms with Gasteiger partial charge in [-0.15, -0.1) is 0 Å². The summed E-state index contributed by atoms with van der Waals surface area (Å²) in [6, 6.07) is 6.03. The van der Waals surface area contributed by atoms with E-state index < -0.39 is 0 Å². The maximum atomic E-state index is 11.7. The molecule has 0 radical (unpaired) electrons. The van der Waals surface area contributed by atoms with E-state index in [-0.39, 0.29) is 24.7 Å². The van der Waals surface area contributed by atoms with Crippen LogP contribution in [0.1, 0.15) is 43.7 Å². The smallest absolute Gasteiger partial charge is 0.306 e. The van der Waals surface area contributed by atoms with Crippen molar-refractivity contribution >= 4 is 17.6 Å². The van der Waals surface area contributed by atoms with E-state index in [1.807, 2.05) is 19.1 Å². The zero-order chi connectivity index (χ0) is 14.4. The molecule has 19 heavy (non-hydrogen) atoms. The molecule has 4 heteroatoms. The molecule has 4 nitrogen and oxygen atoms in total. The average molecular weight is 263 g/mol. The number of anilines is 1. The van der Waals surface area contributed by atoms with Gasteiger partial charge < -0.3 is 10.1 Å². The molecule has 1 rings (SSSR count). The van der Waals surface area contributed by atoms with Gasteiger partial charge in [0.05, 0.1) is 13.5 Å². The number of ether oxygens (including phenoxy) is 1. The highest BCUT2D eigenvalue weighted by Gasteiger charge is 2.09. The van der Waals surface area contributed by atoms with Crippen LogP contribution in [-0.2, 0) is 14.3 Å². The molecule has 0 aromatic heterocycles. The summed E-state index contributed by atoms with van der Waals surface area (Å²) in [5.74, 6) is -0.136. The van der Waals surface area contributed by atoms with Crippen LogP contribution in [-0.4, -0.2) is 19.0 Å². The molecule has 1 aromatic carbocycles. The van der Waals surface area contributed by atoms with Crippen LogP contribution >= 0.6 is 0 Å². The summed E-state index contributed by atoms with van der Waals surface area (Å²) in [7, 11) is 1.32. The van der Waals surface area contributed by atoms with Crippen molar-refractivity contribution in [3.8, 4) is 0 Å². The molecule has 0 fully saturated rings. The Bertz CT molecular complexity index is 466. The minimum atomic E-state index is -0.372. The third-order valence-corrected chi connectivity index (χ3v) is 2.99. The zero-order valence-electron chi connectivity index (χ0n) is 11.9. The van der Waals surface area contributed by atoms with Crippen LogP contribution in [0.25, 0.3) is 0 Å². The Morgan fingerprint density at radius 1 is 1.26 bits per heavy atom. The van der Waals surface area contributed by atoms with Crippen LogP contribution in [0.3, 0.4) is 0 Å². The molecule has 0 bridgehead atoms. The van der Waals surface area contributed by atoms with E-state index in [0.717, 1.165) is 11.3 Å². The Hall–Kier alpha value is -1.84. The fraction of sp³-hybridized carbons (Fsp3) is 0.467. The largest absolute Gasteiger partial charge is 0.469 e. The van der Waals surface area contributed by atoms with Crippen molar-refractivity contribution < 1.29 is 14.3 Å². The molecule has 0 unspecified atom stereocenters. The van der Waals surface area contributed by atoms with Crippen LogP contribution in [0.2, 0.25) is 0 Å². The highest BCUT2D eigenvalue weighted by molar-refractivity contribution is 5.93. The van der Waals surface area contributed by atoms with Crippen molar-refractivity contribution in [3.05, 3.63) is 29.3 Å². The lowest BCUT2D eigenvalue weighted by atomic mass is 10.0. The predicted molar refractivity (Wildman–Crippen MR) is 75.1 cm³/mol. The van der Waals surface area contributed by atoms with Crippen LogP contribution in [0, 0.1) is 6.92 Å². The maximum Gasteiger partial charge on any atom is 0.306 e. The van der Waals surface area contributed by atoms with E-state index >= 15 is 0 Å². The second-order valence-electron chi connectivity index (χ2n) is 4.85. The first-order valence-electron chi connectivity index (χ1n) is 6.41. The van der Waals surface area contributed by atoms with Crippen molar-refractivity contribution in [2.75, 3.05) is 12.4 Å². The van der Waals surface area contributed by atoms with Gasteiger partial charge in [0.25, 0.3) is 0 Å². The predicted octanol–water partition coefficient (Wildman–Crippen LogP) is 3.01. The zero-order valence-corrected chi connectivity index (χ0v) is 11.9. The molecule has 0 aliphatic heterocycles. The minimum Gasteiger partial charge on any atom is -0.469 e. The number of aryl methyl sites for hydroxylation is 1. The third kappa shape index (κ3) is 4.73. The van der Waals surface area contributed by atoms with E-state index in [0.29, 0.717) is 5.92 Å². The highest BCUT2D eigenvalue weighted by atomic mass is 16.5. The molecule has 0 aliphatic carbocycles. The van der Waals surface area contributed by atoms with Crippen molar-refractivity contribution in [2.24, 2.45) is 0 Å². The first-order valence-corrected chi connectivity index (χ1v) is 6.41. The van der Waals surface area contributed by atoms with E-state index in [1.165, 1.54) is 12.7 Å². The summed E-state index contributed by atoms with van der Waals surface area (Å²) < 4.78 is 4.51. The van der Waals surface area contributed by atoms with Crippen molar-refractivity contribution in [1.82, 2.24) is 0 Å². The summed E-state index contributed by atoms with van der Waals surface area (Å²) in [6.07, 6.45) is 0.239. The van der Waals surface area contributed by atoms with Gasteiger partial charge in [-0.1, -0.05) is 26.0 Å². The monoisotopic (exact) mass is 263 g/mol. The molecule has 104 valence electrons. The molecular formula is C15H21NO3. The Kier molecular flexibility index (Phi) is 5.55. The number of carbonyl (C=O) groups is 2. The Morgan fingerprint density at radius 3 is 2.53 bits per heavy atom. The van der Waals surface area contributed by atoms with Gasteiger partial charge in [0.2, 0.25) is 5.91 Å². The van der Waals surface area contributed by atoms with Crippen LogP contribution < -0.4 is 5.32 Å². The summed E-state index contributed by atoms with van der Waals surface area (Å²) >= 11 is 0. The maximum absolute atomic E-state index is 11.7. The quantitative estimate of drug-likeness (QED) is 0.831. The second-order valence-corrected chi connectivity index (χ2v) is 4.85. The molecular weight excluding hydrogens is 242 g/mol. The number of carbonyl (C=O) groups excluding carboxylic acids is 2.